The molecule has 9 heteroatoms. The Hall–Kier alpha value is -1.35. The monoisotopic (exact) mass is 347 g/mol. The van der Waals surface area contributed by atoms with Crippen LogP contribution in [0.1, 0.15) is 0 Å². The van der Waals surface area contributed by atoms with Crippen LogP contribution < -0.4 is 10.6 Å². The fourth-order valence-corrected chi connectivity index (χ4v) is 3.00. The van der Waals surface area contributed by atoms with Gasteiger partial charge in [-0.05, 0) is 24.3 Å². The van der Waals surface area contributed by atoms with Crippen molar-refractivity contribution in [2.75, 3.05) is 37.8 Å². The molecule has 1 fully saturated rings. The molecule has 1 saturated heterocycles. The Labute approximate surface area is 134 Å². The van der Waals surface area contributed by atoms with Crippen LogP contribution in [0.15, 0.2) is 24.3 Å². The van der Waals surface area contributed by atoms with E-state index in [0.29, 0.717) is 23.9 Å². The van der Waals surface area contributed by atoms with Gasteiger partial charge in [-0.25, -0.2) is 13.2 Å². The van der Waals surface area contributed by atoms with E-state index in [1.165, 1.54) is 4.31 Å². The van der Waals surface area contributed by atoms with Crippen molar-refractivity contribution in [1.29, 1.82) is 0 Å². The van der Waals surface area contributed by atoms with Gasteiger partial charge >= 0.3 is 6.03 Å². The van der Waals surface area contributed by atoms with Crippen LogP contribution in [0.2, 0.25) is 5.02 Å². The fourth-order valence-electron chi connectivity index (χ4n) is 2.03. The highest BCUT2D eigenvalue weighted by atomic mass is 35.5. The summed E-state index contributed by atoms with van der Waals surface area (Å²) in [5, 5.41) is 5.90. The number of carbonyl (C=O) groups is 1. The van der Waals surface area contributed by atoms with Crippen LogP contribution in [0.4, 0.5) is 10.5 Å². The molecule has 1 aliphatic rings. The molecule has 0 saturated carbocycles. The Morgan fingerprint density at radius 1 is 1.41 bits per heavy atom. The van der Waals surface area contributed by atoms with Gasteiger partial charge in [-0.1, -0.05) is 11.6 Å². The summed E-state index contributed by atoms with van der Waals surface area (Å²) in [5.74, 6) is 0. The molecule has 22 heavy (non-hydrogen) atoms. The van der Waals surface area contributed by atoms with E-state index in [2.05, 4.69) is 10.6 Å². The number of morpholine rings is 1. The van der Waals surface area contributed by atoms with E-state index in [4.69, 9.17) is 16.3 Å². The number of amides is 2. The Morgan fingerprint density at radius 2 is 2.09 bits per heavy atom. The van der Waals surface area contributed by atoms with E-state index in [-0.39, 0.29) is 25.2 Å². The molecule has 1 heterocycles. The Bertz CT molecular complexity index is 621. The first kappa shape index (κ1) is 17.0. The maximum atomic E-state index is 11.8. The summed E-state index contributed by atoms with van der Waals surface area (Å²) in [6, 6.07) is 6.33. The molecule has 7 nitrogen and oxygen atoms in total. The van der Waals surface area contributed by atoms with E-state index >= 15 is 0 Å². The van der Waals surface area contributed by atoms with E-state index in [9.17, 15) is 13.2 Å². The predicted octanol–water partition coefficient (Wildman–Crippen LogP) is 1.12. The van der Waals surface area contributed by atoms with Crippen LogP contribution in [-0.2, 0) is 14.8 Å². The number of hydrogen-bond acceptors (Lipinski definition) is 4. The normalized spacial score (nSPS) is 19.6. The first-order valence-corrected chi connectivity index (χ1v) is 8.94. The molecular weight excluding hydrogens is 330 g/mol. The molecule has 2 N–H and O–H groups in total. The van der Waals surface area contributed by atoms with E-state index in [1.54, 1.807) is 24.3 Å². The number of hydrogen-bond donors (Lipinski definition) is 2. The largest absolute Gasteiger partial charge is 0.374 e. The lowest BCUT2D eigenvalue weighted by atomic mass is 10.3. The summed E-state index contributed by atoms with van der Waals surface area (Å²) in [4.78, 5) is 11.8. The van der Waals surface area contributed by atoms with Gasteiger partial charge in [0.05, 0.1) is 19.0 Å². The molecule has 1 aliphatic heterocycles. The number of ether oxygens (including phenoxy) is 1. The molecule has 1 atom stereocenters. The molecule has 0 radical (unpaired) electrons. The highest BCUT2D eigenvalue weighted by molar-refractivity contribution is 7.88. The Balaban J connectivity index is 1.79. The number of sulfonamides is 1. The Kier molecular flexibility index (Phi) is 5.63. The van der Waals surface area contributed by atoms with E-state index < -0.39 is 10.0 Å². The molecule has 0 aromatic heterocycles. The summed E-state index contributed by atoms with van der Waals surface area (Å²) < 4.78 is 29.8. The van der Waals surface area contributed by atoms with Crippen LogP contribution >= 0.6 is 11.6 Å². The molecule has 2 amide bonds. The maximum Gasteiger partial charge on any atom is 0.319 e. The SMILES string of the molecule is CS(=O)(=O)N1CCO[C@@H](CNC(=O)Nc2ccc(Cl)cc2)C1. The number of nitrogens with zero attached hydrogens (tertiary/aromatic N) is 1. The summed E-state index contributed by atoms with van der Waals surface area (Å²) in [7, 11) is -3.24. The molecule has 1 aromatic rings. The minimum Gasteiger partial charge on any atom is -0.374 e. The molecule has 0 unspecified atom stereocenters. The van der Waals surface area contributed by atoms with Gasteiger partial charge in [-0.2, -0.15) is 4.31 Å². The van der Waals surface area contributed by atoms with Gasteiger partial charge in [0.15, 0.2) is 0 Å². The average molecular weight is 348 g/mol. The van der Waals surface area contributed by atoms with Crippen molar-refractivity contribution in [2.24, 2.45) is 0 Å². The predicted molar refractivity (Wildman–Crippen MR) is 84.6 cm³/mol. The number of halogens is 1. The van der Waals surface area contributed by atoms with E-state index in [1.807, 2.05) is 0 Å². The number of benzene rings is 1. The molecule has 1 aromatic carbocycles. The van der Waals surface area contributed by atoms with Gasteiger partial charge in [-0.15, -0.1) is 0 Å². The van der Waals surface area contributed by atoms with Crippen LogP contribution in [0.25, 0.3) is 0 Å². The number of carbonyl (C=O) groups excluding carboxylic acids is 1. The summed E-state index contributed by atoms with van der Waals surface area (Å²) in [6.07, 6.45) is 0.801. The second-order valence-electron chi connectivity index (χ2n) is 4.96. The molecule has 0 spiro atoms. The van der Waals surface area contributed by atoms with Gasteiger partial charge in [0, 0.05) is 30.3 Å². The minimum absolute atomic E-state index is 0.228. The number of nitrogens with one attached hydrogen (secondary N) is 2. The first-order valence-electron chi connectivity index (χ1n) is 6.72. The lowest BCUT2D eigenvalue weighted by Gasteiger charge is -2.31. The van der Waals surface area contributed by atoms with Crippen LogP contribution in [0, 0.1) is 0 Å². The molecule has 2 rings (SSSR count). The number of rotatable bonds is 4. The molecule has 122 valence electrons. The van der Waals surface area contributed by atoms with Gasteiger partial charge in [0.2, 0.25) is 10.0 Å². The molecule has 0 bridgehead atoms. The number of anilines is 1. The maximum absolute atomic E-state index is 11.8. The van der Waals surface area contributed by atoms with Crippen molar-refractivity contribution >= 4 is 33.3 Å². The second kappa shape index (κ2) is 7.28. The average Bonchev–Trinajstić information content (AvgIpc) is 2.47. The summed E-state index contributed by atoms with van der Waals surface area (Å²) in [6.45, 7) is 1.12. The van der Waals surface area contributed by atoms with Crippen LogP contribution in [-0.4, -0.2) is 57.4 Å². The lowest BCUT2D eigenvalue weighted by molar-refractivity contribution is 0.00167. The van der Waals surface area contributed by atoms with Gasteiger partial charge in [-0.3, -0.25) is 0 Å². The smallest absolute Gasteiger partial charge is 0.319 e. The van der Waals surface area contributed by atoms with Crippen molar-refractivity contribution in [3.05, 3.63) is 29.3 Å². The molecular formula is C13H18ClN3O4S. The van der Waals surface area contributed by atoms with Crippen molar-refractivity contribution in [1.82, 2.24) is 9.62 Å². The number of urea groups is 1. The van der Waals surface area contributed by atoms with Crippen molar-refractivity contribution < 1.29 is 17.9 Å². The highest BCUT2D eigenvalue weighted by Crippen LogP contribution is 2.13. The van der Waals surface area contributed by atoms with Crippen LogP contribution in [0.3, 0.4) is 0 Å². The third kappa shape index (κ3) is 5.13. The van der Waals surface area contributed by atoms with Crippen LogP contribution in [0.5, 0.6) is 0 Å². The second-order valence-corrected chi connectivity index (χ2v) is 7.37. The zero-order valence-electron chi connectivity index (χ0n) is 12.1. The van der Waals surface area contributed by atoms with Crippen molar-refractivity contribution in [3.63, 3.8) is 0 Å². The van der Waals surface area contributed by atoms with E-state index in [0.717, 1.165) is 6.26 Å². The standard InChI is InChI=1S/C13H18ClN3O4S/c1-22(19,20)17-6-7-21-12(9-17)8-15-13(18)16-11-4-2-10(14)3-5-11/h2-5,12H,6-9H2,1H3,(H2,15,16,18)/t12-/m0/s1. The lowest BCUT2D eigenvalue weighted by Crippen LogP contribution is -2.49. The molecule has 0 aliphatic carbocycles. The summed E-state index contributed by atoms with van der Waals surface area (Å²) in [5.41, 5.74) is 0.615. The minimum atomic E-state index is -3.24. The fraction of sp³-hybridized carbons (Fsp3) is 0.462. The highest BCUT2D eigenvalue weighted by Gasteiger charge is 2.26. The first-order chi connectivity index (χ1) is 10.3. The van der Waals surface area contributed by atoms with Crippen molar-refractivity contribution in [2.45, 2.75) is 6.10 Å². The quantitative estimate of drug-likeness (QED) is 0.854. The zero-order valence-corrected chi connectivity index (χ0v) is 13.7. The zero-order chi connectivity index (χ0) is 16.2. The topological polar surface area (TPSA) is 87.7 Å². The van der Waals surface area contributed by atoms with Gasteiger partial charge in [0.25, 0.3) is 0 Å². The van der Waals surface area contributed by atoms with Crippen molar-refractivity contribution in [3.8, 4) is 0 Å². The Morgan fingerprint density at radius 3 is 2.73 bits per heavy atom. The van der Waals surface area contributed by atoms with Gasteiger partial charge < -0.3 is 15.4 Å². The summed E-state index contributed by atoms with van der Waals surface area (Å²) >= 11 is 5.76. The third-order valence-electron chi connectivity index (χ3n) is 3.16. The third-order valence-corrected chi connectivity index (χ3v) is 4.68. The van der Waals surface area contributed by atoms with Gasteiger partial charge in [0.1, 0.15) is 0 Å².